The minimum absolute atomic E-state index is 0.00114. The van der Waals surface area contributed by atoms with Crippen molar-refractivity contribution in [2.24, 2.45) is 5.92 Å². The van der Waals surface area contributed by atoms with E-state index in [4.69, 9.17) is 4.74 Å². The van der Waals surface area contributed by atoms with Crippen LogP contribution in [0.2, 0.25) is 0 Å². The number of anilines is 2. The Morgan fingerprint density at radius 2 is 1.55 bits per heavy atom. The molecule has 1 spiro atoms. The second-order valence-electron chi connectivity index (χ2n) is 14.5. The van der Waals surface area contributed by atoms with E-state index in [2.05, 4.69) is 10.6 Å². The Balaban J connectivity index is 1.25. The van der Waals surface area contributed by atoms with Gasteiger partial charge in [-0.3, -0.25) is 24.2 Å². The standard InChI is InChI=1S/C35H42F4N6O6/c1-20(2)27(41-28(46)25-17-21(35(37,38)39)7-12-26(25)36)29(47)43-15-13-34(14-16-43)30(48)42(6)31(49)45(34)24-10-8-22(9-11-24)40-23-18-44(19-23)32(50)51-33(3,4)5/h7-12,17,20,23,27,40H,13-16,18-19H2,1-6H3,(H,41,46)/t27-/m1/s1. The molecule has 5 rings (SSSR count). The van der Waals surface area contributed by atoms with Crippen LogP contribution in [-0.2, 0) is 20.5 Å². The number of ether oxygens (including phenoxy) is 1. The molecule has 3 heterocycles. The first-order valence-corrected chi connectivity index (χ1v) is 16.6. The predicted molar refractivity (Wildman–Crippen MR) is 178 cm³/mol. The first kappa shape index (κ1) is 37.4. The quantitative estimate of drug-likeness (QED) is 0.301. The number of alkyl halides is 3. The molecule has 16 heteroatoms. The minimum Gasteiger partial charge on any atom is -0.444 e. The van der Waals surface area contributed by atoms with Gasteiger partial charge < -0.3 is 25.2 Å². The molecular weight excluding hydrogens is 676 g/mol. The van der Waals surface area contributed by atoms with Crippen molar-refractivity contribution >= 4 is 41.2 Å². The molecule has 0 bridgehead atoms. The number of halogens is 4. The summed E-state index contributed by atoms with van der Waals surface area (Å²) in [5.74, 6) is -3.82. The fourth-order valence-corrected chi connectivity index (χ4v) is 6.51. The average Bonchev–Trinajstić information content (AvgIpc) is 3.20. The third-order valence-corrected chi connectivity index (χ3v) is 9.30. The van der Waals surface area contributed by atoms with Gasteiger partial charge in [-0.25, -0.2) is 14.0 Å². The van der Waals surface area contributed by atoms with Gasteiger partial charge in [0.25, 0.3) is 11.8 Å². The van der Waals surface area contributed by atoms with E-state index in [0.717, 1.165) is 10.6 Å². The first-order chi connectivity index (χ1) is 23.7. The molecule has 2 N–H and O–H groups in total. The number of hydrogen-bond acceptors (Lipinski definition) is 7. The number of hydrogen-bond donors (Lipinski definition) is 2. The molecule has 2 aromatic carbocycles. The molecule has 276 valence electrons. The lowest BCUT2D eigenvalue weighted by atomic mass is 9.85. The maximum atomic E-state index is 14.4. The van der Waals surface area contributed by atoms with Crippen LogP contribution in [0.15, 0.2) is 42.5 Å². The third kappa shape index (κ3) is 7.59. The first-order valence-electron chi connectivity index (χ1n) is 16.6. The van der Waals surface area contributed by atoms with Gasteiger partial charge in [0, 0.05) is 44.6 Å². The maximum absolute atomic E-state index is 14.4. The number of amides is 6. The summed E-state index contributed by atoms with van der Waals surface area (Å²) in [6.45, 7) is 9.66. The lowest BCUT2D eigenvalue weighted by Crippen LogP contribution is -2.60. The molecule has 0 radical (unpaired) electrons. The summed E-state index contributed by atoms with van der Waals surface area (Å²) in [5.41, 5.74) is -2.69. The van der Waals surface area contributed by atoms with Crippen LogP contribution in [0, 0.1) is 11.7 Å². The third-order valence-electron chi connectivity index (χ3n) is 9.30. The average molecular weight is 719 g/mol. The Hall–Kier alpha value is -4.89. The van der Waals surface area contributed by atoms with E-state index in [9.17, 15) is 41.5 Å². The van der Waals surface area contributed by atoms with Gasteiger partial charge in [0.1, 0.15) is 23.0 Å². The molecular formula is C35H42F4N6O6. The smallest absolute Gasteiger partial charge is 0.416 e. The lowest BCUT2D eigenvalue weighted by molar-refractivity contribution is -0.139. The number of carbonyl (C=O) groups is 5. The van der Waals surface area contributed by atoms with E-state index < -0.39 is 70.0 Å². The number of carbonyl (C=O) groups excluding carboxylic acids is 5. The Morgan fingerprint density at radius 3 is 2.10 bits per heavy atom. The fourth-order valence-electron chi connectivity index (χ4n) is 6.51. The number of likely N-dealkylation sites (tertiary alicyclic amines) is 2. The van der Waals surface area contributed by atoms with Crippen molar-refractivity contribution in [3.8, 4) is 0 Å². The highest BCUT2D eigenvalue weighted by Crippen LogP contribution is 2.41. The highest BCUT2D eigenvalue weighted by atomic mass is 19.4. The van der Waals surface area contributed by atoms with Gasteiger partial charge in [-0.15, -0.1) is 0 Å². The summed E-state index contributed by atoms with van der Waals surface area (Å²) in [5, 5.41) is 5.75. The molecule has 51 heavy (non-hydrogen) atoms. The summed E-state index contributed by atoms with van der Waals surface area (Å²) in [6, 6.07) is 6.74. The Morgan fingerprint density at radius 1 is 0.941 bits per heavy atom. The maximum Gasteiger partial charge on any atom is 0.416 e. The van der Waals surface area contributed by atoms with Crippen molar-refractivity contribution in [3.05, 3.63) is 59.4 Å². The lowest BCUT2D eigenvalue weighted by Gasteiger charge is -2.43. The molecule has 0 unspecified atom stereocenters. The number of rotatable bonds is 7. The molecule has 3 fully saturated rings. The predicted octanol–water partition coefficient (Wildman–Crippen LogP) is 5.09. The molecule has 0 aromatic heterocycles. The number of nitrogens with zero attached hydrogens (tertiary/aromatic N) is 4. The number of piperidine rings is 1. The number of imide groups is 1. The SMILES string of the molecule is CC(C)[C@@H](NC(=O)c1cc(C(F)(F)F)ccc1F)C(=O)N1CCC2(CC1)C(=O)N(C)C(=O)N2c1ccc(NC2CN(C(=O)OC(C)(C)C)C2)cc1. The van der Waals surface area contributed by atoms with Crippen LogP contribution in [-0.4, -0.2) is 101 Å². The van der Waals surface area contributed by atoms with Crippen molar-refractivity contribution in [3.63, 3.8) is 0 Å². The van der Waals surface area contributed by atoms with Crippen LogP contribution in [0.25, 0.3) is 0 Å². The molecule has 12 nitrogen and oxygen atoms in total. The van der Waals surface area contributed by atoms with Crippen LogP contribution in [0.4, 0.5) is 38.5 Å². The second kappa shape index (κ2) is 13.7. The van der Waals surface area contributed by atoms with Gasteiger partial charge >= 0.3 is 18.3 Å². The van der Waals surface area contributed by atoms with Crippen LogP contribution in [0.1, 0.15) is 63.4 Å². The molecule has 3 aliphatic rings. The summed E-state index contributed by atoms with van der Waals surface area (Å²) < 4.78 is 59.5. The van der Waals surface area contributed by atoms with Crippen LogP contribution >= 0.6 is 0 Å². The van der Waals surface area contributed by atoms with Crippen LogP contribution in [0.5, 0.6) is 0 Å². The Labute approximate surface area is 293 Å². The van der Waals surface area contributed by atoms with E-state index in [0.29, 0.717) is 37.0 Å². The van der Waals surface area contributed by atoms with Crippen LogP contribution < -0.4 is 15.5 Å². The van der Waals surface area contributed by atoms with Crippen LogP contribution in [0.3, 0.4) is 0 Å². The van der Waals surface area contributed by atoms with E-state index in [-0.39, 0.29) is 38.1 Å². The van der Waals surface area contributed by atoms with Crippen molar-refractivity contribution in [2.75, 3.05) is 43.4 Å². The Kier molecular flexibility index (Phi) is 10.0. The zero-order valence-corrected chi connectivity index (χ0v) is 29.3. The number of nitrogens with one attached hydrogen (secondary N) is 2. The van der Waals surface area contributed by atoms with Crippen molar-refractivity contribution in [1.29, 1.82) is 0 Å². The molecule has 6 amide bonds. The number of benzene rings is 2. The van der Waals surface area contributed by atoms with Gasteiger partial charge in [-0.05, 0) is 82.0 Å². The number of urea groups is 1. The number of likely N-dealkylation sites (N-methyl/N-ethyl adjacent to an activating group) is 1. The summed E-state index contributed by atoms with van der Waals surface area (Å²) in [6.07, 6.45) is -5.03. The van der Waals surface area contributed by atoms with Gasteiger partial charge in [-0.1, -0.05) is 13.8 Å². The van der Waals surface area contributed by atoms with Crippen molar-refractivity contribution < 1.29 is 46.3 Å². The molecule has 0 saturated carbocycles. The second-order valence-corrected chi connectivity index (χ2v) is 14.5. The minimum atomic E-state index is -4.80. The van der Waals surface area contributed by atoms with Crippen molar-refractivity contribution in [1.82, 2.24) is 20.0 Å². The molecule has 3 saturated heterocycles. The van der Waals surface area contributed by atoms with E-state index in [1.54, 1.807) is 63.8 Å². The van der Waals surface area contributed by atoms with E-state index in [1.165, 1.54) is 16.8 Å². The molecule has 0 aliphatic carbocycles. The summed E-state index contributed by atoms with van der Waals surface area (Å²) in [4.78, 5) is 71.4. The topological polar surface area (TPSA) is 132 Å². The monoisotopic (exact) mass is 718 g/mol. The highest BCUT2D eigenvalue weighted by molar-refractivity contribution is 6.16. The largest absolute Gasteiger partial charge is 0.444 e. The highest BCUT2D eigenvalue weighted by Gasteiger charge is 2.58. The Bertz CT molecular complexity index is 1700. The van der Waals surface area contributed by atoms with Gasteiger partial charge in [0.15, 0.2) is 0 Å². The molecule has 1 atom stereocenters. The molecule has 2 aromatic rings. The normalized spacial score (nSPS) is 18.6. The van der Waals surface area contributed by atoms with Gasteiger partial charge in [0.05, 0.1) is 17.2 Å². The van der Waals surface area contributed by atoms with Crippen molar-refractivity contribution in [2.45, 2.75) is 76.9 Å². The van der Waals surface area contributed by atoms with E-state index in [1.807, 2.05) is 0 Å². The molecule has 3 aliphatic heterocycles. The summed E-state index contributed by atoms with van der Waals surface area (Å²) in [7, 11) is 1.39. The van der Waals surface area contributed by atoms with Gasteiger partial charge in [0.2, 0.25) is 5.91 Å². The zero-order chi connectivity index (χ0) is 37.6. The van der Waals surface area contributed by atoms with Gasteiger partial charge in [-0.2, -0.15) is 13.2 Å². The zero-order valence-electron chi connectivity index (χ0n) is 29.3. The fraction of sp³-hybridized carbons (Fsp3) is 0.514. The summed E-state index contributed by atoms with van der Waals surface area (Å²) >= 11 is 0. The van der Waals surface area contributed by atoms with E-state index >= 15 is 0 Å².